The average molecular weight is 589 g/mol. The fourth-order valence-electron chi connectivity index (χ4n) is 3.98. The van der Waals surface area contributed by atoms with Gasteiger partial charge < -0.3 is 43.9 Å². The second kappa shape index (κ2) is 12.6. The Labute approximate surface area is 236 Å². The Morgan fingerprint density at radius 2 is 1.00 bits per heavy atom. The van der Waals surface area contributed by atoms with Gasteiger partial charge in [0, 0.05) is 0 Å². The molecule has 2 rings (SSSR count). The van der Waals surface area contributed by atoms with Crippen molar-refractivity contribution in [1.29, 1.82) is 0 Å². The number of ether oxygens (including phenoxy) is 2. The first-order valence-electron chi connectivity index (χ1n) is 13.6. The predicted molar refractivity (Wildman–Crippen MR) is 156 cm³/mol. The Morgan fingerprint density at radius 1 is 0.615 bits per heavy atom. The zero-order chi connectivity index (χ0) is 30.1. The molecule has 0 spiro atoms. The van der Waals surface area contributed by atoms with Gasteiger partial charge in [-0.3, -0.25) is 0 Å². The second-order valence-corrected chi connectivity index (χ2v) is 23.3. The SMILES string of the molecule is COc1ccc(CO[C@@H]2[C@@H](O)[C@@H](O)[C@H](O)[C@H](O)[C@H](O)[C@@H](O[Si](C)(C)C(C)(C)C)[C@@H]2O[Si](C)(C)C(C)(C)C)cc1. The Bertz CT molecular complexity index is 911. The molecular weight excluding hydrogens is 536 g/mol. The van der Waals surface area contributed by atoms with Gasteiger partial charge in [-0.05, 0) is 54.0 Å². The second-order valence-electron chi connectivity index (χ2n) is 13.8. The summed E-state index contributed by atoms with van der Waals surface area (Å²) >= 11 is 0. The highest BCUT2D eigenvalue weighted by atomic mass is 28.4. The van der Waals surface area contributed by atoms with E-state index >= 15 is 0 Å². The van der Waals surface area contributed by atoms with Crippen molar-refractivity contribution in [3.63, 3.8) is 0 Å². The first kappa shape index (κ1) is 34.3. The highest BCUT2D eigenvalue weighted by Gasteiger charge is 2.55. The summed E-state index contributed by atoms with van der Waals surface area (Å²) in [6.07, 6.45) is -12.1. The molecule has 1 aromatic carbocycles. The maximum atomic E-state index is 11.4. The number of methoxy groups -OCH3 is 1. The Balaban J connectivity index is 2.65. The molecule has 226 valence electrons. The Morgan fingerprint density at radius 3 is 1.41 bits per heavy atom. The molecule has 1 fully saturated rings. The first-order chi connectivity index (χ1) is 17.6. The number of aliphatic hydroxyl groups excluding tert-OH is 5. The summed E-state index contributed by atoms with van der Waals surface area (Å²) in [6, 6.07) is 7.23. The fraction of sp³-hybridized carbons (Fsp3) is 0.786. The van der Waals surface area contributed by atoms with Gasteiger partial charge in [-0.2, -0.15) is 0 Å². The van der Waals surface area contributed by atoms with Gasteiger partial charge in [0.25, 0.3) is 0 Å². The van der Waals surface area contributed by atoms with Crippen LogP contribution >= 0.6 is 0 Å². The molecule has 1 aliphatic rings. The Hall–Kier alpha value is -0.866. The molecule has 1 aliphatic carbocycles. The van der Waals surface area contributed by atoms with Crippen molar-refractivity contribution in [3.05, 3.63) is 29.8 Å². The number of hydrogen-bond donors (Lipinski definition) is 5. The lowest BCUT2D eigenvalue weighted by molar-refractivity contribution is -0.229. The third-order valence-corrected chi connectivity index (χ3v) is 17.7. The van der Waals surface area contributed by atoms with Crippen molar-refractivity contribution >= 4 is 16.6 Å². The number of rotatable bonds is 8. The van der Waals surface area contributed by atoms with E-state index in [9.17, 15) is 25.5 Å². The molecule has 0 amide bonds. The molecule has 0 saturated heterocycles. The topological polar surface area (TPSA) is 138 Å². The molecule has 0 aromatic heterocycles. The third kappa shape index (κ3) is 7.91. The quantitative estimate of drug-likeness (QED) is 0.290. The van der Waals surface area contributed by atoms with E-state index in [0.29, 0.717) is 5.75 Å². The van der Waals surface area contributed by atoms with Crippen LogP contribution in [0, 0.1) is 0 Å². The van der Waals surface area contributed by atoms with E-state index in [4.69, 9.17) is 18.3 Å². The first-order valence-corrected chi connectivity index (χ1v) is 19.5. The van der Waals surface area contributed by atoms with Crippen LogP contribution in [-0.4, -0.2) is 98.1 Å². The summed E-state index contributed by atoms with van der Waals surface area (Å²) in [5.41, 5.74) is 0.786. The zero-order valence-corrected chi connectivity index (χ0v) is 27.5. The van der Waals surface area contributed by atoms with E-state index in [1.54, 1.807) is 19.2 Å². The summed E-state index contributed by atoms with van der Waals surface area (Å²) in [5, 5.41) is 54.8. The van der Waals surface area contributed by atoms with Gasteiger partial charge in [-0.25, -0.2) is 0 Å². The highest BCUT2D eigenvalue weighted by molar-refractivity contribution is 6.74. The van der Waals surface area contributed by atoms with E-state index < -0.39 is 65.5 Å². The smallest absolute Gasteiger partial charge is 0.192 e. The minimum atomic E-state index is -2.59. The van der Waals surface area contributed by atoms with Crippen LogP contribution in [0.2, 0.25) is 36.3 Å². The van der Waals surface area contributed by atoms with Crippen LogP contribution in [0.1, 0.15) is 47.1 Å². The van der Waals surface area contributed by atoms with Gasteiger partial charge in [0.15, 0.2) is 16.6 Å². The molecule has 0 aliphatic heterocycles. The van der Waals surface area contributed by atoms with Gasteiger partial charge >= 0.3 is 0 Å². The molecule has 39 heavy (non-hydrogen) atoms. The number of hydrogen-bond acceptors (Lipinski definition) is 9. The van der Waals surface area contributed by atoms with Crippen molar-refractivity contribution in [1.82, 2.24) is 0 Å². The van der Waals surface area contributed by atoms with E-state index in [1.165, 1.54) is 0 Å². The van der Waals surface area contributed by atoms with Gasteiger partial charge in [0.2, 0.25) is 0 Å². The standard InChI is InChI=1S/C28H52O9Si2/c1-27(2,3)38(8,9)36-25-23(33)21(31)19(29)20(30)22(32)24(26(25)37-39(10,11)28(4,5)6)35-16-17-12-14-18(34-7)15-13-17/h12-15,19-26,29-33H,16H2,1-11H3/t19-,20-,21-,22-,23-,24+,25+,26+/m0/s1. The van der Waals surface area contributed by atoms with Gasteiger partial charge in [-0.1, -0.05) is 53.7 Å². The molecular formula is C28H52O9Si2. The fourth-order valence-corrected chi connectivity index (χ4v) is 6.59. The molecule has 0 radical (unpaired) electrons. The number of benzene rings is 1. The van der Waals surface area contributed by atoms with E-state index in [-0.39, 0.29) is 16.7 Å². The van der Waals surface area contributed by atoms with Gasteiger partial charge in [-0.15, -0.1) is 0 Å². The lowest BCUT2D eigenvalue weighted by atomic mass is 9.85. The molecule has 5 N–H and O–H groups in total. The third-order valence-electron chi connectivity index (χ3n) is 8.80. The largest absolute Gasteiger partial charge is 0.497 e. The van der Waals surface area contributed by atoms with Crippen LogP contribution in [-0.2, 0) is 20.2 Å². The molecule has 0 unspecified atom stereocenters. The van der Waals surface area contributed by atoms with E-state index in [2.05, 4.69) is 41.5 Å². The highest BCUT2D eigenvalue weighted by Crippen LogP contribution is 2.43. The van der Waals surface area contributed by atoms with Crippen molar-refractivity contribution in [3.8, 4) is 5.75 Å². The molecule has 8 atom stereocenters. The maximum absolute atomic E-state index is 11.4. The zero-order valence-electron chi connectivity index (χ0n) is 25.5. The van der Waals surface area contributed by atoms with E-state index in [0.717, 1.165) is 5.56 Å². The van der Waals surface area contributed by atoms with Crippen LogP contribution in [0.3, 0.4) is 0 Å². The van der Waals surface area contributed by atoms with Crippen molar-refractivity contribution in [2.24, 2.45) is 0 Å². The molecule has 1 aromatic rings. The molecule has 0 bridgehead atoms. The minimum absolute atomic E-state index is 0.0529. The molecule has 9 nitrogen and oxygen atoms in total. The van der Waals surface area contributed by atoms with Crippen molar-refractivity contribution in [2.75, 3.05) is 7.11 Å². The minimum Gasteiger partial charge on any atom is -0.497 e. The van der Waals surface area contributed by atoms with Gasteiger partial charge in [0.05, 0.1) is 13.7 Å². The van der Waals surface area contributed by atoms with Crippen LogP contribution in [0.5, 0.6) is 5.75 Å². The summed E-state index contributed by atoms with van der Waals surface area (Å²) in [4.78, 5) is 0. The molecule has 11 heteroatoms. The van der Waals surface area contributed by atoms with E-state index in [1.807, 2.05) is 38.3 Å². The molecule has 0 heterocycles. The summed E-state index contributed by atoms with van der Waals surface area (Å²) in [5.74, 6) is 0.683. The van der Waals surface area contributed by atoms with Gasteiger partial charge in [0.1, 0.15) is 54.6 Å². The van der Waals surface area contributed by atoms with Crippen LogP contribution in [0.15, 0.2) is 24.3 Å². The lowest BCUT2D eigenvalue weighted by Gasteiger charge is -2.51. The van der Waals surface area contributed by atoms with Crippen LogP contribution in [0.4, 0.5) is 0 Å². The van der Waals surface area contributed by atoms with Crippen molar-refractivity contribution < 1.29 is 43.9 Å². The maximum Gasteiger partial charge on any atom is 0.192 e. The van der Waals surface area contributed by atoms with Crippen molar-refractivity contribution in [2.45, 2.75) is 133 Å². The lowest BCUT2D eigenvalue weighted by Crippen LogP contribution is -2.68. The summed E-state index contributed by atoms with van der Waals surface area (Å²) in [7, 11) is -3.59. The Kier molecular flexibility index (Phi) is 11.1. The molecule has 1 saturated carbocycles. The summed E-state index contributed by atoms with van der Waals surface area (Å²) < 4.78 is 25.0. The summed E-state index contributed by atoms with van der Waals surface area (Å²) in [6.45, 7) is 20.5. The predicted octanol–water partition coefficient (Wildman–Crippen LogP) is 3.18. The number of aliphatic hydroxyl groups is 5. The normalized spacial score (nSPS) is 31.5. The van der Waals surface area contributed by atoms with Crippen LogP contribution < -0.4 is 4.74 Å². The monoisotopic (exact) mass is 588 g/mol. The average Bonchev–Trinajstić information content (AvgIpc) is 2.83. The van der Waals surface area contributed by atoms with Crippen LogP contribution in [0.25, 0.3) is 0 Å².